The van der Waals surface area contributed by atoms with Gasteiger partial charge in [-0.25, -0.2) is 0 Å². The van der Waals surface area contributed by atoms with E-state index in [1.807, 2.05) is 0 Å². The van der Waals surface area contributed by atoms with Crippen LogP contribution in [0.15, 0.2) is 68.6 Å². The minimum atomic E-state index is -4.88. The topological polar surface area (TPSA) is 180 Å². The van der Waals surface area contributed by atoms with E-state index in [1.54, 1.807) is 30.3 Å². The minimum Gasteiger partial charge on any atom is -1.00 e. The Labute approximate surface area is 219 Å². The summed E-state index contributed by atoms with van der Waals surface area (Å²) < 4.78 is 65.0. The monoisotopic (exact) mass is 471 g/mol. The third-order valence-corrected chi connectivity index (χ3v) is 5.45. The van der Waals surface area contributed by atoms with E-state index in [4.69, 9.17) is 5.73 Å². The van der Waals surface area contributed by atoms with Crippen molar-refractivity contribution in [3.63, 3.8) is 0 Å². The molecule has 0 radical (unpaired) electrons. The van der Waals surface area contributed by atoms with E-state index in [-0.39, 0.29) is 78.4 Å². The van der Waals surface area contributed by atoms with E-state index >= 15 is 0 Å². The average molecular weight is 471 g/mol. The zero-order chi connectivity index (χ0) is 20.7. The van der Waals surface area contributed by atoms with Gasteiger partial charge < -0.3 is 13.7 Å². The molecule has 3 rings (SSSR count). The van der Waals surface area contributed by atoms with E-state index in [9.17, 15) is 31.0 Å². The van der Waals surface area contributed by atoms with Crippen molar-refractivity contribution >= 4 is 48.1 Å². The molecular weight excluding hydrogens is 456 g/mol. The van der Waals surface area contributed by atoms with Gasteiger partial charge in [0.1, 0.15) is 10.6 Å². The van der Waals surface area contributed by atoms with Crippen molar-refractivity contribution in [2.24, 2.45) is 10.2 Å². The second-order valence-corrected chi connectivity index (χ2v) is 8.48. The predicted octanol–water partition coefficient (Wildman–Crippen LogP) is -2.73. The summed E-state index contributed by atoms with van der Waals surface area (Å²) in [4.78, 5) is -1.43. The maximum Gasteiger partial charge on any atom is 1.00 e. The molecule has 0 atom stereocenters. The third kappa shape index (κ3) is 5.79. The van der Waals surface area contributed by atoms with Gasteiger partial charge in [0.15, 0.2) is 5.75 Å². The van der Waals surface area contributed by atoms with Gasteiger partial charge in [0.25, 0.3) is 20.2 Å². The molecule has 0 aliphatic heterocycles. The summed E-state index contributed by atoms with van der Waals surface area (Å²) in [6.07, 6.45) is 0. The summed E-state index contributed by atoms with van der Waals surface area (Å²) in [5.74, 6) is -0.732. The second-order valence-electron chi connectivity index (χ2n) is 5.67. The molecule has 30 heavy (non-hydrogen) atoms. The number of hydrogen-bond donors (Lipinski definition) is 4. The van der Waals surface area contributed by atoms with E-state index in [0.717, 1.165) is 18.2 Å². The molecule has 0 unspecified atom stereocenters. The largest absolute Gasteiger partial charge is 1.00 e. The van der Waals surface area contributed by atoms with Gasteiger partial charge in [-0.3, -0.25) is 9.11 Å². The van der Waals surface area contributed by atoms with Gasteiger partial charge in [-0.2, -0.15) is 21.9 Å². The van der Waals surface area contributed by atoms with E-state index in [1.165, 1.54) is 0 Å². The predicted molar refractivity (Wildman–Crippen MR) is 102 cm³/mol. The molecule has 0 aliphatic carbocycles. The zero-order valence-electron chi connectivity index (χ0n) is 17.9. The van der Waals surface area contributed by atoms with Crippen LogP contribution in [0.1, 0.15) is 2.85 Å². The van der Waals surface area contributed by atoms with Crippen molar-refractivity contribution in [1.29, 1.82) is 0 Å². The van der Waals surface area contributed by atoms with Crippen molar-refractivity contribution in [2.45, 2.75) is 9.79 Å². The summed E-state index contributed by atoms with van der Waals surface area (Å²) in [6.45, 7) is 0. The Bertz CT molecular complexity index is 1340. The van der Waals surface area contributed by atoms with Crippen LogP contribution in [0.25, 0.3) is 10.8 Å². The number of azo groups is 1. The fourth-order valence-electron chi connectivity index (χ4n) is 2.54. The van der Waals surface area contributed by atoms with Gasteiger partial charge in [0.05, 0.1) is 10.6 Å². The molecular formula is C16H15N3Na2O7S2. The molecule has 0 saturated carbocycles. The van der Waals surface area contributed by atoms with Crippen molar-refractivity contribution < 1.29 is 93.0 Å². The molecule has 10 nitrogen and oxygen atoms in total. The van der Waals surface area contributed by atoms with Crippen molar-refractivity contribution in [3.05, 3.63) is 48.5 Å². The van der Waals surface area contributed by atoms with Crippen LogP contribution >= 0.6 is 0 Å². The Kier molecular flexibility index (Phi) is 9.03. The quantitative estimate of drug-likeness (QED) is 0.137. The fourth-order valence-corrected chi connectivity index (χ4v) is 3.75. The Morgan fingerprint density at radius 3 is 2.00 bits per heavy atom. The number of nitrogen functional groups attached to an aromatic ring is 1. The molecule has 0 fully saturated rings. The molecule has 0 spiro atoms. The number of nitrogens with two attached hydrogens (primary N) is 1. The molecule has 14 heteroatoms. The van der Waals surface area contributed by atoms with Crippen LogP contribution < -0.4 is 64.8 Å². The number of rotatable bonds is 4. The van der Waals surface area contributed by atoms with Gasteiger partial charge in [-0.1, -0.05) is 18.2 Å². The van der Waals surface area contributed by atoms with E-state index in [2.05, 4.69) is 10.2 Å². The van der Waals surface area contributed by atoms with E-state index < -0.39 is 41.5 Å². The van der Waals surface area contributed by atoms with E-state index in [0.29, 0.717) is 5.69 Å². The van der Waals surface area contributed by atoms with Crippen LogP contribution in [0.3, 0.4) is 0 Å². The average Bonchev–Trinajstić information content (AvgIpc) is 2.59. The first-order valence-electron chi connectivity index (χ1n) is 7.49. The number of aromatic hydroxyl groups is 1. The summed E-state index contributed by atoms with van der Waals surface area (Å²) >= 11 is 0. The number of anilines is 1. The van der Waals surface area contributed by atoms with Gasteiger partial charge in [0, 0.05) is 11.1 Å². The SMILES string of the molecule is Nc1cc(S(=O)(=O)O)cc2cc(S(=O)(=O)O)c(N=Nc3ccccc3)c(O)c12.[H-].[H-].[Na+].[Na+]. The van der Waals surface area contributed by atoms with Gasteiger partial charge in [-0.05, 0) is 35.7 Å². The molecule has 0 bridgehead atoms. The third-order valence-electron chi connectivity index (χ3n) is 3.75. The Morgan fingerprint density at radius 2 is 1.47 bits per heavy atom. The number of benzene rings is 3. The zero-order valence-corrected chi connectivity index (χ0v) is 21.5. The van der Waals surface area contributed by atoms with Crippen molar-refractivity contribution in [1.82, 2.24) is 0 Å². The Hall–Kier alpha value is -1.06. The number of phenolic OH excluding ortho intramolecular Hbond substituents is 1. The first-order chi connectivity index (χ1) is 13.0. The standard InChI is InChI=1S/C16H13N3O7S2.2Na.2H/c17-12-8-11(27(21,22)23)6-9-7-13(28(24,25)26)15(16(20)14(9)12)19-18-10-4-2-1-3-5-10;;;;/h1-8,20H,17H2,(H,21,22,23)(H,24,25,26);;;;/q;2*+1;2*-1. The summed E-state index contributed by atoms with van der Waals surface area (Å²) in [5.41, 5.74) is 5.27. The first-order valence-corrected chi connectivity index (χ1v) is 10.4. The number of hydrogen-bond acceptors (Lipinski definition) is 8. The molecule has 0 aromatic heterocycles. The second kappa shape index (κ2) is 10.0. The van der Waals surface area contributed by atoms with Crippen molar-refractivity contribution in [2.75, 3.05) is 5.73 Å². The van der Waals surface area contributed by atoms with Crippen LogP contribution in [-0.4, -0.2) is 31.0 Å². The van der Waals surface area contributed by atoms with Gasteiger partial charge in [0.2, 0.25) is 0 Å². The van der Waals surface area contributed by atoms with Crippen molar-refractivity contribution in [3.8, 4) is 5.75 Å². The smallest absolute Gasteiger partial charge is 1.00 e. The molecule has 5 N–H and O–H groups in total. The van der Waals surface area contributed by atoms with Crippen LogP contribution in [0.5, 0.6) is 5.75 Å². The number of phenols is 1. The molecule has 150 valence electrons. The van der Waals surface area contributed by atoms with Crippen LogP contribution in [0.4, 0.5) is 17.1 Å². The molecule has 0 aliphatic rings. The Morgan fingerprint density at radius 1 is 0.867 bits per heavy atom. The van der Waals surface area contributed by atoms with Gasteiger partial charge >= 0.3 is 59.1 Å². The molecule has 0 saturated heterocycles. The summed E-state index contributed by atoms with van der Waals surface area (Å²) in [5, 5.41) is 17.8. The summed E-state index contributed by atoms with van der Waals surface area (Å²) in [6, 6.07) is 10.8. The van der Waals surface area contributed by atoms with Crippen LogP contribution in [0, 0.1) is 0 Å². The Balaban J connectivity index is 0. The first kappa shape index (κ1) is 27.0. The number of fused-ring (bicyclic) bond motifs is 1. The fraction of sp³-hybridized carbons (Fsp3) is 0. The molecule has 3 aromatic rings. The number of nitrogens with zero attached hydrogens (tertiary/aromatic N) is 2. The maximum absolute atomic E-state index is 11.8. The van der Waals surface area contributed by atoms with Crippen LogP contribution in [0.2, 0.25) is 0 Å². The van der Waals surface area contributed by atoms with Gasteiger partial charge in [-0.15, -0.1) is 5.11 Å². The normalized spacial score (nSPS) is 11.8. The molecule has 3 aromatic carbocycles. The maximum atomic E-state index is 11.8. The van der Waals surface area contributed by atoms with Crippen LogP contribution in [-0.2, 0) is 20.2 Å². The molecule has 0 heterocycles. The minimum absolute atomic E-state index is 0. The molecule has 0 amide bonds. The summed E-state index contributed by atoms with van der Waals surface area (Å²) in [7, 11) is -9.53.